The van der Waals surface area contributed by atoms with Crippen LogP contribution in [0, 0.1) is 0 Å². The van der Waals surface area contributed by atoms with E-state index in [1.807, 2.05) is 11.4 Å². The van der Waals surface area contributed by atoms with Crippen molar-refractivity contribution in [3.63, 3.8) is 0 Å². The minimum absolute atomic E-state index is 0.267. The van der Waals surface area contributed by atoms with Gasteiger partial charge in [0.25, 0.3) is 0 Å². The number of fused-ring (bicyclic) bond motifs is 1. The first kappa shape index (κ1) is 16.5. The Kier molecular flexibility index (Phi) is 4.59. The van der Waals surface area contributed by atoms with Gasteiger partial charge in [0.05, 0.1) is 28.0 Å². The first-order valence-corrected chi connectivity index (χ1v) is 8.51. The molecule has 2 aromatic heterocycles. The minimum Gasteiger partial charge on any atom is -0.464 e. The fraction of sp³-hybridized carbons (Fsp3) is 0.176. The number of nitrogens with one attached hydrogen (secondary N) is 1. The Morgan fingerprint density at radius 3 is 2.75 bits per heavy atom. The fourth-order valence-electron chi connectivity index (χ4n) is 2.54. The first-order valence-electron chi connectivity index (χ1n) is 7.25. The number of anilines is 1. The Morgan fingerprint density at radius 2 is 2.04 bits per heavy atom. The molecule has 0 radical (unpaired) electrons. The number of hydrogen-bond acceptors (Lipinski definition) is 4. The SMILES string of the molecule is COC(=O)c1cc2sccc2n1C(C)C(=O)Nc1ccccc1Cl. The molecular formula is C17H15ClN2O3S. The van der Waals surface area contributed by atoms with Gasteiger partial charge >= 0.3 is 5.97 Å². The molecule has 24 heavy (non-hydrogen) atoms. The number of carbonyl (C=O) groups excluding carboxylic acids is 2. The number of halogens is 1. The zero-order valence-electron chi connectivity index (χ0n) is 13.1. The topological polar surface area (TPSA) is 60.3 Å². The Labute approximate surface area is 147 Å². The van der Waals surface area contributed by atoms with Crippen LogP contribution in [0.15, 0.2) is 41.8 Å². The molecule has 0 aliphatic rings. The lowest BCUT2D eigenvalue weighted by Crippen LogP contribution is -2.26. The van der Waals surface area contributed by atoms with E-state index in [1.165, 1.54) is 18.4 Å². The predicted octanol–water partition coefficient (Wildman–Crippen LogP) is 4.34. The standard InChI is InChI=1S/C17H15ClN2O3S/c1-10(16(21)19-12-6-4-3-5-11(12)18)20-13-7-8-24-15(13)9-14(20)17(22)23-2/h3-10H,1-2H3,(H,19,21). The zero-order valence-corrected chi connectivity index (χ0v) is 14.6. The van der Waals surface area contributed by atoms with Gasteiger partial charge in [0.1, 0.15) is 11.7 Å². The number of ether oxygens (including phenoxy) is 1. The van der Waals surface area contributed by atoms with Crippen LogP contribution in [0.1, 0.15) is 23.5 Å². The van der Waals surface area contributed by atoms with Gasteiger partial charge in [0.2, 0.25) is 5.91 Å². The van der Waals surface area contributed by atoms with Crippen LogP contribution in [-0.2, 0) is 9.53 Å². The van der Waals surface area contributed by atoms with Gasteiger partial charge in [-0.25, -0.2) is 4.79 Å². The third-order valence-electron chi connectivity index (χ3n) is 3.75. The summed E-state index contributed by atoms with van der Waals surface area (Å²) in [7, 11) is 1.32. The maximum absolute atomic E-state index is 12.7. The second kappa shape index (κ2) is 6.67. The number of benzene rings is 1. The van der Waals surface area contributed by atoms with E-state index in [9.17, 15) is 9.59 Å². The van der Waals surface area contributed by atoms with Crippen molar-refractivity contribution >= 4 is 50.7 Å². The second-order valence-corrected chi connectivity index (χ2v) is 6.56. The average molecular weight is 363 g/mol. The normalized spacial score (nSPS) is 12.1. The molecule has 1 amide bonds. The molecule has 0 aliphatic heterocycles. The van der Waals surface area contributed by atoms with Crippen molar-refractivity contribution in [1.29, 1.82) is 0 Å². The summed E-state index contributed by atoms with van der Waals surface area (Å²) in [5, 5.41) is 5.17. The largest absolute Gasteiger partial charge is 0.464 e. The smallest absolute Gasteiger partial charge is 0.354 e. The van der Waals surface area contributed by atoms with Gasteiger partial charge in [-0.15, -0.1) is 11.3 Å². The lowest BCUT2D eigenvalue weighted by molar-refractivity contribution is -0.118. The van der Waals surface area contributed by atoms with Crippen molar-refractivity contribution in [2.45, 2.75) is 13.0 Å². The number of carbonyl (C=O) groups is 2. The molecule has 0 spiro atoms. The molecule has 124 valence electrons. The highest BCUT2D eigenvalue weighted by molar-refractivity contribution is 7.17. The summed E-state index contributed by atoms with van der Waals surface area (Å²) in [6, 6.07) is 10.0. The lowest BCUT2D eigenvalue weighted by atomic mass is 10.2. The number of nitrogens with zero attached hydrogens (tertiary/aromatic N) is 1. The van der Waals surface area contributed by atoms with E-state index in [2.05, 4.69) is 5.32 Å². The molecular weight excluding hydrogens is 348 g/mol. The van der Waals surface area contributed by atoms with Gasteiger partial charge in [-0.05, 0) is 36.6 Å². The van der Waals surface area contributed by atoms with Crippen LogP contribution < -0.4 is 5.32 Å². The number of thiophene rings is 1. The predicted molar refractivity (Wildman–Crippen MR) is 95.9 cm³/mol. The summed E-state index contributed by atoms with van der Waals surface area (Å²) in [6.07, 6.45) is 0. The van der Waals surface area contributed by atoms with E-state index in [-0.39, 0.29) is 5.91 Å². The molecule has 0 saturated heterocycles. The summed E-state index contributed by atoms with van der Waals surface area (Å²) < 4.78 is 7.44. The molecule has 1 N–H and O–H groups in total. The zero-order chi connectivity index (χ0) is 17.3. The van der Waals surface area contributed by atoms with E-state index in [1.54, 1.807) is 41.8 Å². The van der Waals surface area contributed by atoms with E-state index in [4.69, 9.17) is 16.3 Å². The van der Waals surface area contributed by atoms with E-state index in [0.717, 1.165) is 10.2 Å². The van der Waals surface area contributed by atoms with Crippen LogP contribution >= 0.6 is 22.9 Å². The van der Waals surface area contributed by atoms with Gasteiger partial charge in [0, 0.05) is 0 Å². The van der Waals surface area contributed by atoms with Crippen LogP contribution in [-0.4, -0.2) is 23.6 Å². The van der Waals surface area contributed by atoms with E-state index in [0.29, 0.717) is 16.4 Å². The highest BCUT2D eigenvalue weighted by Gasteiger charge is 2.25. The highest BCUT2D eigenvalue weighted by Crippen LogP contribution is 2.30. The number of para-hydroxylation sites is 1. The summed E-state index contributed by atoms with van der Waals surface area (Å²) in [5.41, 5.74) is 1.70. The number of methoxy groups -OCH3 is 1. The Bertz CT molecular complexity index is 916. The van der Waals surface area contributed by atoms with Crippen LogP contribution in [0.5, 0.6) is 0 Å². The number of aromatic nitrogens is 1. The van der Waals surface area contributed by atoms with Gasteiger partial charge < -0.3 is 14.6 Å². The molecule has 0 saturated carbocycles. The minimum atomic E-state index is -0.609. The van der Waals surface area contributed by atoms with Crippen LogP contribution in [0.25, 0.3) is 10.2 Å². The summed E-state index contributed by atoms with van der Waals surface area (Å²) in [5.74, 6) is -0.743. The quantitative estimate of drug-likeness (QED) is 0.702. The molecule has 0 aliphatic carbocycles. The Hall–Kier alpha value is -2.31. The van der Waals surface area contributed by atoms with Crippen molar-refractivity contribution in [2.75, 3.05) is 12.4 Å². The fourth-order valence-corrected chi connectivity index (χ4v) is 3.53. The molecule has 3 rings (SSSR count). The molecule has 7 heteroatoms. The number of hydrogen-bond donors (Lipinski definition) is 1. The maximum Gasteiger partial charge on any atom is 0.354 e. The third kappa shape index (κ3) is 2.90. The Balaban J connectivity index is 1.97. The molecule has 0 fully saturated rings. The third-order valence-corrected chi connectivity index (χ3v) is 4.94. The Morgan fingerprint density at radius 1 is 1.29 bits per heavy atom. The second-order valence-electron chi connectivity index (χ2n) is 5.21. The van der Waals surface area contributed by atoms with Gasteiger partial charge in [-0.2, -0.15) is 0 Å². The molecule has 0 bridgehead atoms. The summed E-state index contributed by atoms with van der Waals surface area (Å²) in [6.45, 7) is 1.73. The molecule has 5 nitrogen and oxygen atoms in total. The highest BCUT2D eigenvalue weighted by atomic mass is 35.5. The van der Waals surface area contributed by atoms with Gasteiger partial charge in [-0.3, -0.25) is 4.79 Å². The van der Waals surface area contributed by atoms with Gasteiger partial charge in [0.15, 0.2) is 0 Å². The maximum atomic E-state index is 12.7. The van der Waals surface area contributed by atoms with Crippen LogP contribution in [0.3, 0.4) is 0 Å². The first-order chi connectivity index (χ1) is 11.5. The van der Waals surface area contributed by atoms with Crippen molar-refractivity contribution in [1.82, 2.24) is 4.57 Å². The van der Waals surface area contributed by atoms with Crippen molar-refractivity contribution < 1.29 is 14.3 Å². The number of esters is 1. The van der Waals surface area contributed by atoms with E-state index >= 15 is 0 Å². The van der Waals surface area contributed by atoms with Crippen LogP contribution in [0.4, 0.5) is 5.69 Å². The average Bonchev–Trinajstić information content (AvgIpc) is 3.16. The van der Waals surface area contributed by atoms with Crippen molar-refractivity contribution in [2.24, 2.45) is 0 Å². The lowest BCUT2D eigenvalue weighted by Gasteiger charge is -2.18. The molecule has 1 unspecified atom stereocenters. The summed E-state index contributed by atoms with van der Waals surface area (Å²) in [4.78, 5) is 24.7. The molecule has 1 aromatic carbocycles. The van der Waals surface area contributed by atoms with Crippen molar-refractivity contribution in [3.8, 4) is 0 Å². The molecule has 2 heterocycles. The van der Waals surface area contributed by atoms with Crippen molar-refractivity contribution in [3.05, 3.63) is 52.5 Å². The molecule has 1 atom stereocenters. The summed E-state index contributed by atoms with van der Waals surface area (Å²) >= 11 is 7.59. The monoisotopic (exact) mass is 362 g/mol. The van der Waals surface area contributed by atoms with E-state index < -0.39 is 12.0 Å². The molecule has 3 aromatic rings. The number of amides is 1. The number of rotatable bonds is 4. The van der Waals surface area contributed by atoms with Crippen LogP contribution in [0.2, 0.25) is 5.02 Å². The van der Waals surface area contributed by atoms with Gasteiger partial charge in [-0.1, -0.05) is 23.7 Å².